The molecule has 1 aromatic carbocycles. The smallest absolute Gasteiger partial charge is 0.241 e. The monoisotopic (exact) mass is 286 g/mol. The molecule has 1 aliphatic rings. The van der Waals surface area contributed by atoms with Crippen LogP contribution in [0.3, 0.4) is 0 Å². The van der Waals surface area contributed by atoms with Gasteiger partial charge < -0.3 is 10.6 Å². The molecule has 3 nitrogen and oxygen atoms in total. The zero-order chi connectivity index (χ0) is 13.1. The molecule has 1 saturated heterocycles. The van der Waals surface area contributed by atoms with Gasteiger partial charge >= 0.3 is 0 Å². The minimum atomic E-state index is -0.130. The average Bonchev–Trinajstić information content (AvgIpc) is 2.37. The second-order valence-corrected chi connectivity index (χ2v) is 5.39. The van der Waals surface area contributed by atoms with Crippen LogP contribution in [0.1, 0.15) is 24.8 Å². The van der Waals surface area contributed by atoms with E-state index in [1.165, 1.54) is 0 Å². The lowest BCUT2D eigenvalue weighted by atomic mass is 10.0. The summed E-state index contributed by atoms with van der Waals surface area (Å²) in [5, 5.41) is 7.14. The van der Waals surface area contributed by atoms with Crippen molar-refractivity contribution in [3.63, 3.8) is 0 Å². The van der Waals surface area contributed by atoms with Crippen molar-refractivity contribution >= 4 is 34.8 Å². The van der Waals surface area contributed by atoms with Gasteiger partial charge in [0.25, 0.3) is 0 Å². The SMILES string of the molecule is Cc1cc(Cl)c(NC(=O)[C@@H]2CCCCN2)cc1Cl. The van der Waals surface area contributed by atoms with Gasteiger partial charge in [-0.2, -0.15) is 0 Å². The molecule has 0 unspecified atom stereocenters. The summed E-state index contributed by atoms with van der Waals surface area (Å²) in [6.45, 7) is 2.77. The fourth-order valence-corrected chi connectivity index (χ4v) is 2.47. The molecule has 1 aliphatic heterocycles. The molecule has 1 atom stereocenters. The van der Waals surface area contributed by atoms with Crippen LogP contribution in [0.15, 0.2) is 12.1 Å². The number of carbonyl (C=O) groups is 1. The van der Waals surface area contributed by atoms with Crippen LogP contribution < -0.4 is 10.6 Å². The second-order valence-electron chi connectivity index (χ2n) is 4.57. The Labute approximate surface area is 117 Å². The quantitative estimate of drug-likeness (QED) is 0.875. The van der Waals surface area contributed by atoms with Crippen molar-refractivity contribution in [2.75, 3.05) is 11.9 Å². The third-order valence-corrected chi connectivity index (χ3v) is 3.85. The Morgan fingerprint density at radius 1 is 1.33 bits per heavy atom. The van der Waals surface area contributed by atoms with Gasteiger partial charge in [0, 0.05) is 5.02 Å². The van der Waals surface area contributed by atoms with Crippen LogP contribution in [-0.4, -0.2) is 18.5 Å². The van der Waals surface area contributed by atoms with E-state index < -0.39 is 0 Å². The van der Waals surface area contributed by atoms with Gasteiger partial charge in [-0.3, -0.25) is 4.79 Å². The van der Waals surface area contributed by atoms with E-state index in [0.717, 1.165) is 31.4 Å². The molecule has 5 heteroatoms. The number of nitrogens with one attached hydrogen (secondary N) is 2. The zero-order valence-corrected chi connectivity index (χ0v) is 11.7. The van der Waals surface area contributed by atoms with E-state index in [4.69, 9.17) is 23.2 Å². The molecular formula is C13H16Cl2N2O. The van der Waals surface area contributed by atoms with Crippen molar-refractivity contribution in [2.24, 2.45) is 0 Å². The van der Waals surface area contributed by atoms with Crippen molar-refractivity contribution < 1.29 is 4.79 Å². The third kappa shape index (κ3) is 3.16. The molecule has 98 valence electrons. The molecule has 0 radical (unpaired) electrons. The van der Waals surface area contributed by atoms with Gasteiger partial charge in [-0.15, -0.1) is 0 Å². The van der Waals surface area contributed by atoms with Crippen LogP contribution in [0.4, 0.5) is 5.69 Å². The number of piperidine rings is 1. The molecule has 2 N–H and O–H groups in total. The van der Waals surface area contributed by atoms with Crippen LogP contribution in [0.25, 0.3) is 0 Å². The number of halogens is 2. The lowest BCUT2D eigenvalue weighted by Gasteiger charge is -2.22. The summed E-state index contributed by atoms with van der Waals surface area (Å²) in [4.78, 5) is 12.0. The van der Waals surface area contributed by atoms with Crippen LogP contribution in [-0.2, 0) is 4.79 Å². The van der Waals surface area contributed by atoms with E-state index >= 15 is 0 Å². The number of aryl methyl sites for hydroxylation is 1. The van der Waals surface area contributed by atoms with Crippen molar-refractivity contribution in [1.82, 2.24) is 5.32 Å². The van der Waals surface area contributed by atoms with Gasteiger partial charge in [-0.25, -0.2) is 0 Å². The van der Waals surface area contributed by atoms with Gasteiger partial charge in [0.05, 0.1) is 16.8 Å². The summed E-state index contributed by atoms with van der Waals surface area (Å²) in [5.41, 5.74) is 1.47. The van der Waals surface area contributed by atoms with Crippen molar-refractivity contribution in [1.29, 1.82) is 0 Å². The summed E-state index contributed by atoms with van der Waals surface area (Å²) < 4.78 is 0. The van der Waals surface area contributed by atoms with E-state index in [1.54, 1.807) is 12.1 Å². The van der Waals surface area contributed by atoms with Crippen LogP contribution in [0, 0.1) is 6.92 Å². The molecule has 2 rings (SSSR count). The molecule has 18 heavy (non-hydrogen) atoms. The first kappa shape index (κ1) is 13.7. The summed E-state index contributed by atoms with van der Waals surface area (Å²) in [5.74, 6) is -0.0449. The van der Waals surface area contributed by atoms with Gasteiger partial charge in [-0.05, 0) is 44.0 Å². The van der Waals surface area contributed by atoms with E-state index in [1.807, 2.05) is 6.92 Å². The molecule has 1 heterocycles. The molecule has 0 spiro atoms. The van der Waals surface area contributed by atoms with E-state index in [2.05, 4.69) is 10.6 Å². The Balaban J connectivity index is 2.08. The van der Waals surface area contributed by atoms with Crippen molar-refractivity contribution in [3.8, 4) is 0 Å². The highest BCUT2D eigenvalue weighted by molar-refractivity contribution is 6.36. The molecule has 0 bridgehead atoms. The summed E-state index contributed by atoms with van der Waals surface area (Å²) >= 11 is 12.1. The Bertz CT molecular complexity index is 457. The topological polar surface area (TPSA) is 41.1 Å². The lowest BCUT2D eigenvalue weighted by molar-refractivity contribution is -0.118. The molecule has 1 amide bonds. The fourth-order valence-electron chi connectivity index (χ4n) is 2.04. The van der Waals surface area contributed by atoms with Crippen LogP contribution >= 0.6 is 23.2 Å². The predicted octanol–water partition coefficient (Wildman–Crippen LogP) is 3.38. The van der Waals surface area contributed by atoms with Crippen molar-refractivity contribution in [2.45, 2.75) is 32.2 Å². The number of hydrogen-bond donors (Lipinski definition) is 2. The number of amides is 1. The Kier molecular flexibility index (Phi) is 4.49. The normalized spacial score (nSPS) is 19.6. The number of hydrogen-bond acceptors (Lipinski definition) is 2. The van der Waals surface area contributed by atoms with Gasteiger partial charge in [0.1, 0.15) is 0 Å². The number of benzene rings is 1. The second kappa shape index (κ2) is 5.91. The Morgan fingerprint density at radius 3 is 2.78 bits per heavy atom. The Hall–Kier alpha value is -0.770. The molecule has 1 aromatic rings. The standard InChI is InChI=1S/C13H16Cl2N2O/c1-8-6-10(15)12(7-9(8)14)17-13(18)11-4-2-3-5-16-11/h6-7,11,16H,2-5H2,1H3,(H,17,18)/t11-/m0/s1. The van der Waals surface area contributed by atoms with Crippen LogP contribution in [0.2, 0.25) is 10.0 Å². The molecule has 0 aromatic heterocycles. The molecule has 0 saturated carbocycles. The van der Waals surface area contributed by atoms with Gasteiger partial charge in [0.2, 0.25) is 5.91 Å². The number of carbonyl (C=O) groups excluding carboxylic acids is 1. The van der Waals surface area contributed by atoms with Crippen LogP contribution in [0.5, 0.6) is 0 Å². The van der Waals surface area contributed by atoms with E-state index in [0.29, 0.717) is 15.7 Å². The third-order valence-electron chi connectivity index (χ3n) is 3.13. The zero-order valence-electron chi connectivity index (χ0n) is 10.2. The average molecular weight is 287 g/mol. The Morgan fingerprint density at radius 2 is 2.11 bits per heavy atom. The highest BCUT2D eigenvalue weighted by atomic mass is 35.5. The van der Waals surface area contributed by atoms with Gasteiger partial charge in [0.15, 0.2) is 0 Å². The minimum absolute atomic E-state index is 0.0449. The largest absolute Gasteiger partial charge is 0.323 e. The van der Waals surface area contributed by atoms with Gasteiger partial charge in [-0.1, -0.05) is 29.6 Å². The first-order valence-corrected chi connectivity index (χ1v) is 6.83. The predicted molar refractivity (Wildman–Crippen MR) is 75.5 cm³/mol. The maximum atomic E-state index is 12.0. The lowest BCUT2D eigenvalue weighted by Crippen LogP contribution is -2.43. The van der Waals surface area contributed by atoms with E-state index in [9.17, 15) is 4.79 Å². The molecule has 0 aliphatic carbocycles. The number of anilines is 1. The highest BCUT2D eigenvalue weighted by Gasteiger charge is 2.21. The number of rotatable bonds is 2. The van der Waals surface area contributed by atoms with E-state index in [-0.39, 0.29) is 11.9 Å². The summed E-state index contributed by atoms with van der Waals surface area (Å²) in [7, 11) is 0. The molecular weight excluding hydrogens is 271 g/mol. The summed E-state index contributed by atoms with van der Waals surface area (Å²) in [6.07, 6.45) is 3.07. The highest BCUT2D eigenvalue weighted by Crippen LogP contribution is 2.29. The maximum Gasteiger partial charge on any atom is 0.241 e. The minimum Gasteiger partial charge on any atom is -0.323 e. The fraction of sp³-hybridized carbons (Fsp3) is 0.462. The first-order valence-electron chi connectivity index (χ1n) is 6.08. The molecule has 1 fully saturated rings. The maximum absolute atomic E-state index is 12.0. The van der Waals surface area contributed by atoms with Crippen molar-refractivity contribution in [3.05, 3.63) is 27.7 Å². The first-order chi connectivity index (χ1) is 8.58. The summed E-state index contributed by atoms with van der Waals surface area (Å²) in [6, 6.07) is 3.32.